The lowest BCUT2D eigenvalue weighted by Crippen LogP contribution is -2.05. The Morgan fingerprint density at radius 2 is 1.83 bits per heavy atom. The number of fused-ring (bicyclic) bond motifs is 1. The van der Waals surface area contributed by atoms with Crippen LogP contribution in [0.2, 0.25) is 5.15 Å². The molecule has 120 valence electrons. The third kappa shape index (κ3) is 2.91. The normalized spacial score (nSPS) is 11.4. The molecule has 3 aromatic rings. The van der Waals surface area contributed by atoms with Gasteiger partial charge in [0.1, 0.15) is 17.5 Å². The standard InChI is InChI=1S/C18H20ClN3O/c1-11(2)16-13(4)20-18-15(12(3)21-22(18)17(16)19)10-23-14-8-6-5-7-9-14/h5-9,11H,10H2,1-4H3. The summed E-state index contributed by atoms with van der Waals surface area (Å²) in [6, 6.07) is 9.73. The van der Waals surface area contributed by atoms with E-state index in [9.17, 15) is 0 Å². The molecule has 2 aromatic heterocycles. The lowest BCUT2D eigenvalue weighted by atomic mass is 10.0. The van der Waals surface area contributed by atoms with E-state index in [1.807, 2.05) is 44.2 Å². The number of hydrogen-bond donors (Lipinski definition) is 0. The van der Waals surface area contributed by atoms with Crippen molar-refractivity contribution in [1.29, 1.82) is 0 Å². The molecule has 0 bridgehead atoms. The first kappa shape index (κ1) is 15.8. The second-order valence-corrected chi connectivity index (χ2v) is 6.32. The molecule has 0 aliphatic rings. The number of aromatic nitrogens is 3. The van der Waals surface area contributed by atoms with E-state index in [-0.39, 0.29) is 0 Å². The van der Waals surface area contributed by atoms with Crippen molar-refractivity contribution >= 4 is 17.2 Å². The molecule has 0 fully saturated rings. The zero-order valence-corrected chi connectivity index (χ0v) is 14.6. The Labute approximate surface area is 141 Å². The average molecular weight is 330 g/mol. The summed E-state index contributed by atoms with van der Waals surface area (Å²) in [5.74, 6) is 1.13. The monoisotopic (exact) mass is 329 g/mol. The lowest BCUT2D eigenvalue weighted by Gasteiger charge is -2.12. The fourth-order valence-electron chi connectivity index (χ4n) is 2.78. The van der Waals surface area contributed by atoms with E-state index < -0.39 is 0 Å². The van der Waals surface area contributed by atoms with Gasteiger partial charge in [-0.3, -0.25) is 0 Å². The first-order valence-corrected chi connectivity index (χ1v) is 8.09. The maximum absolute atomic E-state index is 6.56. The van der Waals surface area contributed by atoms with Gasteiger partial charge in [0.25, 0.3) is 0 Å². The zero-order chi connectivity index (χ0) is 16.6. The van der Waals surface area contributed by atoms with E-state index in [1.54, 1.807) is 4.52 Å². The van der Waals surface area contributed by atoms with Crippen LogP contribution in [0.1, 0.15) is 42.3 Å². The van der Waals surface area contributed by atoms with Crippen LogP contribution in [0.15, 0.2) is 30.3 Å². The molecule has 0 N–H and O–H groups in total. The topological polar surface area (TPSA) is 39.4 Å². The van der Waals surface area contributed by atoms with Gasteiger partial charge in [-0.05, 0) is 31.9 Å². The number of rotatable bonds is 4. The van der Waals surface area contributed by atoms with Crippen LogP contribution in [0.25, 0.3) is 5.65 Å². The molecule has 0 amide bonds. The van der Waals surface area contributed by atoms with Gasteiger partial charge in [-0.2, -0.15) is 5.10 Å². The summed E-state index contributed by atoms with van der Waals surface area (Å²) >= 11 is 6.56. The fraction of sp³-hybridized carbons (Fsp3) is 0.333. The highest BCUT2D eigenvalue weighted by atomic mass is 35.5. The summed E-state index contributed by atoms with van der Waals surface area (Å²) in [6.07, 6.45) is 0. The van der Waals surface area contributed by atoms with Crippen molar-refractivity contribution < 1.29 is 4.74 Å². The van der Waals surface area contributed by atoms with Gasteiger partial charge in [-0.1, -0.05) is 43.6 Å². The number of nitrogens with zero attached hydrogens (tertiary/aromatic N) is 3. The molecule has 0 spiro atoms. The van der Waals surface area contributed by atoms with Crippen molar-refractivity contribution in [1.82, 2.24) is 14.6 Å². The molecule has 0 radical (unpaired) electrons. The molecule has 2 heterocycles. The summed E-state index contributed by atoms with van der Waals surface area (Å²) in [4.78, 5) is 4.73. The predicted octanol–water partition coefficient (Wildman–Crippen LogP) is 4.70. The Morgan fingerprint density at radius 1 is 1.13 bits per heavy atom. The quantitative estimate of drug-likeness (QED) is 0.651. The highest BCUT2D eigenvalue weighted by Crippen LogP contribution is 2.29. The molecule has 23 heavy (non-hydrogen) atoms. The smallest absolute Gasteiger partial charge is 0.163 e. The summed E-state index contributed by atoms with van der Waals surface area (Å²) in [5.41, 5.74) is 4.60. The minimum atomic E-state index is 0.299. The lowest BCUT2D eigenvalue weighted by molar-refractivity contribution is 0.306. The van der Waals surface area contributed by atoms with E-state index in [0.717, 1.165) is 33.9 Å². The van der Waals surface area contributed by atoms with Crippen molar-refractivity contribution in [3.8, 4) is 5.75 Å². The van der Waals surface area contributed by atoms with Crippen molar-refractivity contribution in [2.75, 3.05) is 0 Å². The summed E-state index contributed by atoms with van der Waals surface area (Å²) in [7, 11) is 0. The Hall–Kier alpha value is -2.07. The highest BCUT2D eigenvalue weighted by Gasteiger charge is 2.19. The predicted molar refractivity (Wildman–Crippen MR) is 92.3 cm³/mol. The molecule has 3 rings (SSSR count). The van der Waals surface area contributed by atoms with Crippen LogP contribution in [0.4, 0.5) is 0 Å². The van der Waals surface area contributed by atoms with Crippen LogP contribution >= 0.6 is 11.6 Å². The SMILES string of the molecule is Cc1nc2c(COc3ccccc3)c(C)nn2c(Cl)c1C(C)C. The Kier molecular flexibility index (Phi) is 4.26. The molecule has 5 heteroatoms. The third-order valence-corrected chi connectivity index (χ3v) is 4.30. The number of ether oxygens (including phenoxy) is 1. The Balaban J connectivity index is 2.03. The average Bonchev–Trinajstić information content (AvgIpc) is 2.82. The van der Waals surface area contributed by atoms with Crippen molar-refractivity contribution in [2.24, 2.45) is 0 Å². The number of aryl methyl sites for hydroxylation is 2. The van der Waals surface area contributed by atoms with Crippen LogP contribution in [0, 0.1) is 13.8 Å². The molecular formula is C18H20ClN3O. The van der Waals surface area contributed by atoms with Gasteiger partial charge in [-0.25, -0.2) is 9.50 Å². The maximum atomic E-state index is 6.56. The van der Waals surface area contributed by atoms with E-state index in [4.69, 9.17) is 21.3 Å². The molecule has 1 aromatic carbocycles. The van der Waals surface area contributed by atoms with Crippen molar-refractivity contribution in [3.63, 3.8) is 0 Å². The first-order chi connectivity index (χ1) is 11.0. The van der Waals surface area contributed by atoms with Crippen molar-refractivity contribution in [3.05, 3.63) is 58.0 Å². The Bertz CT molecular complexity index is 841. The van der Waals surface area contributed by atoms with Gasteiger partial charge >= 0.3 is 0 Å². The number of benzene rings is 1. The zero-order valence-electron chi connectivity index (χ0n) is 13.8. The molecule has 0 aliphatic carbocycles. The number of para-hydroxylation sites is 1. The second kappa shape index (κ2) is 6.20. The van der Waals surface area contributed by atoms with Gasteiger partial charge in [0.05, 0.1) is 11.3 Å². The van der Waals surface area contributed by atoms with Crippen LogP contribution in [0.3, 0.4) is 0 Å². The molecule has 0 unspecified atom stereocenters. The fourth-order valence-corrected chi connectivity index (χ4v) is 3.25. The van der Waals surface area contributed by atoms with Gasteiger partial charge in [-0.15, -0.1) is 0 Å². The van der Waals surface area contributed by atoms with E-state index in [0.29, 0.717) is 17.7 Å². The summed E-state index contributed by atoms with van der Waals surface area (Å²) in [5, 5.41) is 5.19. The Morgan fingerprint density at radius 3 is 2.48 bits per heavy atom. The highest BCUT2D eigenvalue weighted by molar-refractivity contribution is 6.30. The van der Waals surface area contributed by atoms with Crippen LogP contribution in [-0.2, 0) is 6.61 Å². The van der Waals surface area contributed by atoms with E-state index >= 15 is 0 Å². The maximum Gasteiger partial charge on any atom is 0.163 e. The van der Waals surface area contributed by atoms with E-state index in [2.05, 4.69) is 18.9 Å². The van der Waals surface area contributed by atoms with Crippen molar-refractivity contribution in [2.45, 2.75) is 40.2 Å². The second-order valence-electron chi connectivity index (χ2n) is 5.96. The number of halogens is 1. The molecule has 0 atom stereocenters. The van der Waals surface area contributed by atoms with Crippen LogP contribution in [0.5, 0.6) is 5.75 Å². The summed E-state index contributed by atoms with van der Waals surface area (Å²) in [6.45, 7) is 8.59. The molecule has 4 nitrogen and oxygen atoms in total. The van der Waals surface area contributed by atoms with Crippen LogP contribution in [-0.4, -0.2) is 14.6 Å². The number of hydrogen-bond acceptors (Lipinski definition) is 3. The third-order valence-electron chi connectivity index (χ3n) is 3.93. The minimum Gasteiger partial charge on any atom is -0.489 e. The first-order valence-electron chi connectivity index (χ1n) is 7.71. The molecule has 0 aliphatic heterocycles. The van der Waals surface area contributed by atoms with Gasteiger partial charge in [0, 0.05) is 11.3 Å². The van der Waals surface area contributed by atoms with Gasteiger partial charge in [0.15, 0.2) is 5.65 Å². The van der Waals surface area contributed by atoms with Gasteiger partial charge in [0.2, 0.25) is 0 Å². The van der Waals surface area contributed by atoms with E-state index in [1.165, 1.54) is 0 Å². The van der Waals surface area contributed by atoms with Gasteiger partial charge < -0.3 is 4.74 Å². The molecule has 0 saturated heterocycles. The largest absolute Gasteiger partial charge is 0.489 e. The summed E-state index contributed by atoms with van der Waals surface area (Å²) < 4.78 is 7.59. The van der Waals surface area contributed by atoms with Crippen LogP contribution < -0.4 is 4.74 Å². The molecular weight excluding hydrogens is 310 g/mol. The molecule has 0 saturated carbocycles. The minimum absolute atomic E-state index is 0.299.